The number of fused-ring (bicyclic) bond motifs is 1. The van der Waals surface area contributed by atoms with E-state index in [0.717, 1.165) is 46.2 Å². The maximum Gasteiger partial charge on any atom is 0.307 e. The zero-order valence-corrected chi connectivity index (χ0v) is 28.3. The molecule has 0 saturated carbocycles. The minimum absolute atomic E-state index is 0.0949. The van der Waals surface area contributed by atoms with Gasteiger partial charge in [0.2, 0.25) is 11.8 Å². The first kappa shape index (κ1) is 33.0. The Labute approximate surface area is 293 Å². The van der Waals surface area contributed by atoms with Gasteiger partial charge in [0.25, 0.3) is 0 Å². The van der Waals surface area contributed by atoms with E-state index in [4.69, 9.17) is 38.0 Å². The Kier molecular flexibility index (Phi) is 9.50. The molecule has 1 amide bonds. The standard InChI is InChI=1S/C36H35Cl2N7O4/c1-49-35-22(16-39-17-25-9-11-31(46)41-25)8-10-29(42-35)28-6-2-4-26(32(28)37)27-5-3-7-30(33(27)38)45-20-24-14-21(15-40-34(24)43-45)18-44-13-12-23(19-44)36(47)48/h2-8,10,14-15,20,23,25,39H,9,11-13,16-19H2,1H3,(H,41,46)(H,47,48). The number of carbonyl (C=O) groups excluding carboxylic acids is 1. The highest BCUT2D eigenvalue weighted by molar-refractivity contribution is 6.39. The van der Waals surface area contributed by atoms with E-state index in [9.17, 15) is 14.7 Å². The van der Waals surface area contributed by atoms with Crippen LogP contribution in [0.3, 0.4) is 0 Å². The molecule has 2 saturated heterocycles. The number of nitrogens with zero attached hydrogens (tertiary/aromatic N) is 5. The number of amides is 1. The third-order valence-electron chi connectivity index (χ3n) is 9.16. The Balaban J connectivity index is 1.11. The topological polar surface area (TPSA) is 134 Å². The van der Waals surface area contributed by atoms with Crippen LogP contribution in [-0.2, 0) is 22.7 Å². The zero-order chi connectivity index (χ0) is 34.1. The molecule has 0 radical (unpaired) electrons. The van der Waals surface area contributed by atoms with Crippen LogP contribution in [0.4, 0.5) is 0 Å². The molecule has 49 heavy (non-hydrogen) atoms. The lowest BCUT2D eigenvalue weighted by Gasteiger charge is -2.15. The number of hydrogen-bond acceptors (Lipinski definition) is 8. The van der Waals surface area contributed by atoms with Gasteiger partial charge in [-0.05, 0) is 43.1 Å². The summed E-state index contributed by atoms with van der Waals surface area (Å²) in [5.74, 6) is -0.477. The van der Waals surface area contributed by atoms with E-state index >= 15 is 0 Å². The average molecular weight is 701 g/mol. The number of aliphatic carboxylic acids is 1. The van der Waals surface area contributed by atoms with Crippen molar-refractivity contribution in [2.24, 2.45) is 5.92 Å². The van der Waals surface area contributed by atoms with Crippen LogP contribution >= 0.6 is 23.2 Å². The molecule has 2 atom stereocenters. The second-order valence-corrected chi connectivity index (χ2v) is 13.2. The van der Waals surface area contributed by atoms with Gasteiger partial charge in [0.1, 0.15) is 0 Å². The Hall–Kier alpha value is -4.55. The number of benzene rings is 2. The van der Waals surface area contributed by atoms with E-state index in [-0.39, 0.29) is 17.9 Å². The number of carbonyl (C=O) groups is 2. The van der Waals surface area contributed by atoms with Crippen LogP contribution in [-0.4, -0.2) is 74.4 Å². The molecule has 2 unspecified atom stereocenters. The van der Waals surface area contributed by atoms with Gasteiger partial charge in [0, 0.05) is 78.7 Å². The lowest BCUT2D eigenvalue weighted by molar-refractivity contribution is -0.141. The van der Waals surface area contributed by atoms with Crippen molar-refractivity contribution in [1.82, 2.24) is 35.3 Å². The first-order valence-corrected chi connectivity index (χ1v) is 16.9. The number of carboxylic acids is 1. The Morgan fingerprint density at radius 1 is 1.08 bits per heavy atom. The molecule has 13 heteroatoms. The molecule has 2 fully saturated rings. The zero-order valence-electron chi connectivity index (χ0n) is 26.8. The molecular formula is C36H35Cl2N7O4. The largest absolute Gasteiger partial charge is 0.481 e. The summed E-state index contributed by atoms with van der Waals surface area (Å²) in [6, 6.07) is 17.6. The number of aromatic nitrogens is 4. The minimum atomic E-state index is -0.743. The van der Waals surface area contributed by atoms with Crippen molar-refractivity contribution in [2.75, 3.05) is 26.7 Å². The molecule has 2 aromatic carbocycles. The fraction of sp³-hybridized carbons (Fsp3) is 0.306. The molecule has 3 N–H and O–H groups in total. The number of carboxylic acid groups (broad SMARTS) is 1. The Morgan fingerprint density at radius 2 is 1.88 bits per heavy atom. The fourth-order valence-corrected chi connectivity index (χ4v) is 7.23. The van der Waals surface area contributed by atoms with Crippen LogP contribution in [0.25, 0.3) is 39.1 Å². The lowest BCUT2D eigenvalue weighted by Crippen LogP contribution is -2.35. The van der Waals surface area contributed by atoms with E-state index < -0.39 is 5.97 Å². The fourth-order valence-electron chi connectivity index (χ4n) is 6.59. The van der Waals surface area contributed by atoms with Crippen LogP contribution < -0.4 is 15.4 Å². The SMILES string of the molecule is COc1nc(-c2cccc(-c3cccc(-n4cc5cc(CN6CCC(C(=O)O)C6)cnc5n4)c3Cl)c2Cl)ccc1CNCC1CCC(=O)N1. The summed E-state index contributed by atoms with van der Waals surface area (Å²) in [6.45, 7) is 3.13. The molecule has 0 aliphatic carbocycles. The van der Waals surface area contributed by atoms with Crippen molar-refractivity contribution in [1.29, 1.82) is 0 Å². The number of nitrogens with one attached hydrogen (secondary N) is 2. The highest BCUT2D eigenvalue weighted by Crippen LogP contribution is 2.41. The predicted molar refractivity (Wildman–Crippen MR) is 188 cm³/mol. The predicted octanol–water partition coefficient (Wildman–Crippen LogP) is 5.74. The van der Waals surface area contributed by atoms with Crippen molar-refractivity contribution in [3.63, 3.8) is 0 Å². The van der Waals surface area contributed by atoms with Crippen LogP contribution in [0.5, 0.6) is 5.88 Å². The molecule has 0 bridgehead atoms. The van der Waals surface area contributed by atoms with Gasteiger partial charge in [-0.1, -0.05) is 59.6 Å². The van der Waals surface area contributed by atoms with Gasteiger partial charge in [0.05, 0.1) is 34.5 Å². The molecule has 2 aliphatic heterocycles. The maximum atomic E-state index is 11.5. The summed E-state index contributed by atoms with van der Waals surface area (Å²) >= 11 is 14.1. The van der Waals surface area contributed by atoms with E-state index in [0.29, 0.717) is 72.0 Å². The highest BCUT2D eigenvalue weighted by Gasteiger charge is 2.28. The summed E-state index contributed by atoms with van der Waals surface area (Å²) < 4.78 is 7.36. The van der Waals surface area contributed by atoms with Crippen molar-refractivity contribution >= 4 is 46.1 Å². The number of pyridine rings is 2. The second kappa shape index (κ2) is 14.1. The van der Waals surface area contributed by atoms with E-state index in [2.05, 4.69) is 20.5 Å². The summed E-state index contributed by atoms with van der Waals surface area (Å²) in [7, 11) is 1.59. The molecule has 5 aromatic rings. The number of hydrogen-bond donors (Lipinski definition) is 3. The maximum absolute atomic E-state index is 11.5. The van der Waals surface area contributed by atoms with Crippen LogP contribution in [0.15, 0.2) is 67.0 Å². The van der Waals surface area contributed by atoms with Crippen molar-refractivity contribution in [2.45, 2.75) is 38.4 Å². The molecule has 2 aliphatic rings. The van der Waals surface area contributed by atoms with E-state index in [1.807, 2.05) is 60.8 Å². The van der Waals surface area contributed by atoms with Gasteiger partial charge in [-0.3, -0.25) is 14.5 Å². The quantitative estimate of drug-likeness (QED) is 0.158. The van der Waals surface area contributed by atoms with Gasteiger partial charge < -0.3 is 20.5 Å². The normalized spacial score (nSPS) is 17.9. The van der Waals surface area contributed by atoms with Crippen molar-refractivity contribution in [3.05, 3.63) is 88.2 Å². The second-order valence-electron chi connectivity index (χ2n) is 12.5. The number of likely N-dealkylation sites (tertiary alicyclic amines) is 1. The van der Waals surface area contributed by atoms with E-state index in [1.165, 1.54) is 0 Å². The average Bonchev–Trinajstić information content (AvgIpc) is 3.85. The lowest BCUT2D eigenvalue weighted by atomic mass is 10.00. The molecule has 252 valence electrons. The summed E-state index contributed by atoms with van der Waals surface area (Å²) in [6.07, 6.45) is 5.74. The van der Waals surface area contributed by atoms with Gasteiger partial charge in [0.15, 0.2) is 5.65 Å². The summed E-state index contributed by atoms with van der Waals surface area (Å²) in [5, 5.41) is 22.2. The van der Waals surface area contributed by atoms with E-state index in [1.54, 1.807) is 18.0 Å². The number of rotatable bonds is 11. The number of ether oxygens (including phenoxy) is 1. The van der Waals surface area contributed by atoms with Gasteiger partial charge in [-0.2, -0.15) is 0 Å². The first-order chi connectivity index (χ1) is 23.8. The Bertz CT molecular complexity index is 2050. The number of methoxy groups -OCH3 is 1. The van der Waals surface area contributed by atoms with Crippen molar-refractivity contribution < 1.29 is 19.4 Å². The third-order valence-corrected chi connectivity index (χ3v) is 9.96. The molecule has 7 rings (SSSR count). The summed E-state index contributed by atoms with van der Waals surface area (Å²) in [4.78, 5) is 34.4. The minimum Gasteiger partial charge on any atom is -0.481 e. The third kappa shape index (κ3) is 6.98. The molecule has 0 spiro atoms. The van der Waals surface area contributed by atoms with Gasteiger partial charge in [-0.25, -0.2) is 14.6 Å². The highest BCUT2D eigenvalue weighted by atomic mass is 35.5. The molecule has 5 heterocycles. The molecule has 11 nitrogen and oxygen atoms in total. The van der Waals surface area contributed by atoms with Crippen LogP contribution in [0.1, 0.15) is 30.4 Å². The van der Waals surface area contributed by atoms with Gasteiger partial charge >= 0.3 is 5.97 Å². The Morgan fingerprint density at radius 3 is 2.63 bits per heavy atom. The molecular weight excluding hydrogens is 665 g/mol. The van der Waals surface area contributed by atoms with Crippen molar-refractivity contribution in [3.8, 4) is 34.0 Å². The van der Waals surface area contributed by atoms with Gasteiger partial charge in [-0.15, -0.1) is 5.10 Å². The monoisotopic (exact) mass is 699 g/mol. The smallest absolute Gasteiger partial charge is 0.307 e. The molecule has 3 aromatic heterocycles. The first-order valence-electron chi connectivity index (χ1n) is 16.2. The van der Waals surface area contributed by atoms with Crippen LogP contribution in [0.2, 0.25) is 10.0 Å². The number of halogens is 2. The van der Waals surface area contributed by atoms with Crippen LogP contribution in [0, 0.1) is 5.92 Å². The summed E-state index contributed by atoms with van der Waals surface area (Å²) in [5.41, 5.74) is 6.05.